The summed E-state index contributed by atoms with van der Waals surface area (Å²) < 4.78 is 0. The van der Waals surface area contributed by atoms with Crippen LogP contribution in [0.15, 0.2) is 0 Å². The number of nitrogens with one attached hydrogen (secondary N) is 2. The summed E-state index contributed by atoms with van der Waals surface area (Å²) in [6, 6.07) is -1.22. The second-order valence-electron chi connectivity index (χ2n) is 6.86. The summed E-state index contributed by atoms with van der Waals surface area (Å²) in [7, 11) is 0. The summed E-state index contributed by atoms with van der Waals surface area (Å²) in [6.45, 7) is 5.95. The fourth-order valence-electron chi connectivity index (χ4n) is 2.70. The molecule has 1 aliphatic rings. The molecule has 0 aliphatic heterocycles. The van der Waals surface area contributed by atoms with Gasteiger partial charge in [0.1, 0.15) is 0 Å². The average Bonchev–Trinajstić information content (AvgIpc) is 2.51. The Morgan fingerprint density at radius 2 is 1.70 bits per heavy atom. The summed E-state index contributed by atoms with van der Waals surface area (Å²) in [5, 5.41) is 16.0. The number of carbonyl (C=O) groups is 3. The Morgan fingerprint density at radius 1 is 1.13 bits per heavy atom. The maximum atomic E-state index is 12.0. The van der Waals surface area contributed by atoms with E-state index in [-0.39, 0.29) is 29.7 Å². The lowest BCUT2D eigenvalue weighted by atomic mass is 9.81. The third-order valence-corrected chi connectivity index (χ3v) is 4.64. The molecular formula is C16H29N3O4. The van der Waals surface area contributed by atoms with Gasteiger partial charge in [-0.25, -0.2) is 0 Å². The summed E-state index contributed by atoms with van der Waals surface area (Å²) in [6.07, 6.45) is 3.12. The maximum Gasteiger partial charge on any atom is 0.278 e. The third-order valence-electron chi connectivity index (χ3n) is 4.64. The molecule has 0 aromatic rings. The van der Waals surface area contributed by atoms with Crippen LogP contribution in [0.4, 0.5) is 0 Å². The minimum Gasteiger partial charge on any atom is -0.548 e. The van der Waals surface area contributed by atoms with Gasteiger partial charge in [-0.05, 0) is 38.5 Å². The quantitative estimate of drug-likeness (QED) is 0.522. The molecule has 132 valence electrons. The van der Waals surface area contributed by atoms with Crippen molar-refractivity contribution in [3.63, 3.8) is 0 Å². The normalized spacial score (nSPS) is 23.9. The van der Waals surface area contributed by atoms with Crippen molar-refractivity contribution < 1.29 is 25.2 Å². The lowest BCUT2D eigenvalue weighted by Crippen LogP contribution is -2.70. The first-order valence-electron chi connectivity index (χ1n) is 8.34. The van der Waals surface area contributed by atoms with E-state index in [1.807, 2.05) is 13.8 Å². The molecule has 1 aliphatic carbocycles. The fraction of sp³-hybridized carbons (Fsp3) is 0.812. The van der Waals surface area contributed by atoms with Crippen molar-refractivity contribution in [1.82, 2.24) is 10.6 Å². The number of hydrogen-bond acceptors (Lipinski definition) is 4. The average molecular weight is 327 g/mol. The first-order valence-corrected chi connectivity index (χ1v) is 8.34. The number of hydrogen-bond donors (Lipinski definition) is 3. The predicted molar refractivity (Wildman–Crippen MR) is 82.6 cm³/mol. The van der Waals surface area contributed by atoms with Gasteiger partial charge in [-0.3, -0.25) is 9.59 Å². The van der Waals surface area contributed by atoms with E-state index >= 15 is 0 Å². The zero-order valence-corrected chi connectivity index (χ0v) is 14.3. The number of carboxylic acid groups (broad SMARTS) is 1. The summed E-state index contributed by atoms with van der Waals surface area (Å²) in [5.74, 6) is -1.10. The molecule has 0 radical (unpaired) electrons. The molecule has 1 fully saturated rings. The molecule has 7 heteroatoms. The molecule has 0 heterocycles. The van der Waals surface area contributed by atoms with Crippen LogP contribution >= 0.6 is 0 Å². The number of quaternary nitrogens is 1. The number of aliphatic carboxylic acids is 1. The van der Waals surface area contributed by atoms with Gasteiger partial charge in [0, 0.05) is 18.4 Å². The van der Waals surface area contributed by atoms with E-state index in [0.717, 1.165) is 12.8 Å². The summed E-state index contributed by atoms with van der Waals surface area (Å²) in [5.41, 5.74) is 3.86. The van der Waals surface area contributed by atoms with Crippen LogP contribution < -0.4 is 21.5 Å². The van der Waals surface area contributed by atoms with Crippen molar-refractivity contribution >= 4 is 17.8 Å². The van der Waals surface area contributed by atoms with Gasteiger partial charge < -0.3 is 26.3 Å². The molecule has 23 heavy (non-hydrogen) atoms. The highest BCUT2D eigenvalue weighted by atomic mass is 16.4. The van der Waals surface area contributed by atoms with E-state index in [2.05, 4.69) is 16.4 Å². The number of carboxylic acids is 1. The fourth-order valence-corrected chi connectivity index (χ4v) is 2.70. The Balaban J connectivity index is 2.31. The Hall–Kier alpha value is -1.63. The van der Waals surface area contributed by atoms with Gasteiger partial charge >= 0.3 is 0 Å². The van der Waals surface area contributed by atoms with E-state index in [9.17, 15) is 19.5 Å². The Labute approximate surface area is 137 Å². The largest absolute Gasteiger partial charge is 0.548 e. The zero-order chi connectivity index (χ0) is 17.6. The second-order valence-corrected chi connectivity index (χ2v) is 6.86. The van der Waals surface area contributed by atoms with E-state index in [4.69, 9.17) is 0 Å². The smallest absolute Gasteiger partial charge is 0.278 e. The van der Waals surface area contributed by atoms with Crippen molar-refractivity contribution in [2.75, 3.05) is 6.54 Å². The molecule has 0 aromatic heterocycles. The Bertz CT molecular complexity index is 431. The molecule has 0 bridgehead atoms. The van der Waals surface area contributed by atoms with Gasteiger partial charge in [0.15, 0.2) is 6.04 Å². The molecule has 5 N–H and O–H groups in total. The van der Waals surface area contributed by atoms with Gasteiger partial charge in [-0.15, -0.1) is 0 Å². The second kappa shape index (κ2) is 8.86. The standard InChI is InChI=1S/C16H29N3O4/c1-9(2)13(17)15(21)18-8-11-4-6-12(7-5-11)14(20)19-10(3)16(22)23/h9-13H,4-8,17H2,1-3H3,(H,18,21)(H,19,20)(H,22,23)/t10-,11?,12?,13-/m0/s1. The van der Waals surface area contributed by atoms with Crippen LogP contribution in [0.1, 0.15) is 46.5 Å². The van der Waals surface area contributed by atoms with Crippen molar-refractivity contribution in [3.05, 3.63) is 0 Å². The van der Waals surface area contributed by atoms with Gasteiger partial charge in [0.2, 0.25) is 5.91 Å². The molecule has 0 unspecified atom stereocenters. The van der Waals surface area contributed by atoms with E-state index in [1.54, 1.807) is 0 Å². The highest BCUT2D eigenvalue weighted by Crippen LogP contribution is 2.28. The summed E-state index contributed by atoms with van der Waals surface area (Å²) in [4.78, 5) is 34.5. The Morgan fingerprint density at radius 3 is 2.17 bits per heavy atom. The highest BCUT2D eigenvalue weighted by Gasteiger charge is 2.28. The van der Waals surface area contributed by atoms with Crippen LogP contribution in [0, 0.1) is 17.8 Å². The minimum absolute atomic E-state index is 0.0253. The maximum absolute atomic E-state index is 12.0. The van der Waals surface area contributed by atoms with Crippen LogP contribution in [-0.4, -0.2) is 36.4 Å². The minimum atomic E-state index is -1.28. The highest BCUT2D eigenvalue weighted by molar-refractivity contribution is 5.84. The van der Waals surface area contributed by atoms with Gasteiger partial charge in [0.05, 0.1) is 12.0 Å². The van der Waals surface area contributed by atoms with Crippen LogP contribution in [0.3, 0.4) is 0 Å². The summed E-state index contributed by atoms with van der Waals surface area (Å²) >= 11 is 0. The lowest BCUT2D eigenvalue weighted by Gasteiger charge is -2.29. The zero-order valence-electron chi connectivity index (χ0n) is 14.3. The lowest BCUT2D eigenvalue weighted by molar-refractivity contribution is -0.414. The van der Waals surface area contributed by atoms with E-state index in [1.165, 1.54) is 6.92 Å². The molecule has 2 atom stereocenters. The third kappa shape index (κ3) is 6.17. The predicted octanol–water partition coefficient (Wildman–Crippen LogP) is -1.57. The van der Waals surface area contributed by atoms with Crippen molar-refractivity contribution in [2.24, 2.45) is 17.8 Å². The van der Waals surface area contributed by atoms with Crippen LogP contribution in [-0.2, 0) is 14.4 Å². The molecule has 1 rings (SSSR count). The SMILES string of the molecule is CC(C)[C@H]([NH3+])C(=O)NCC1CCC(C(=O)N[C@@H](C)C(=O)[O-])CC1. The molecule has 7 nitrogen and oxygen atoms in total. The monoisotopic (exact) mass is 327 g/mol. The molecule has 1 saturated carbocycles. The number of rotatable bonds is 7. The first kappa shape index (κ1) is 19.4. The number of amides is 2. The topological polar surface area (TPSA) is 126 Å². The van der Waals surface area contributed by atoms with E-state index < -0.39 is 12.0 Å². The van der Waals surface area contributed by atoms with Gasteiger partial charge in [-0.1, -0.05) is 13.8 Å². The van der Waals surface area contributed by atoms with Crippen molar-refractivity contribution in [2.45, 2.75) is 58.5 Å². The van der Waals surface area contributed by atoms with Crippen LogP contribution in [0.25, 0.3) is 0 Å². The first-order chi connectivity index (χ1) is 10.7. The van der Waals surface area contributed by atoms with E-state index in [0.29, 0.717) is 25.3 Å². The van der Waals surface area contributed by atoms with Crippen LogP contribution in [0.5, 0.6) is 0 Å². The van der Waals surface area contributed by atoms with Crippen molar-refractivity contribution in [3.8, 4) is 0 Å². The molecule has 0 saturated heterocycles. The van der Waals surface area contributed by atoms with Crippen LogP contribution in [0.2, 0.25) is 0 Å². The molecule has 2 amide bonds. The van der Waals surface area contributed by atoms with Gasteiger partial charge in [0.25, 0.3) is 5.91 Å². The molecular weight excluding hydrogens is 298 g/mol. The molecule has 0 aromatic carbocycles. The van der Waals surface area contributed by atoms with Crippen molar-refractivity contribution in [1.29, 1.82) is 0 Å². The number of carbonyl (C=O) groups excluding carboxylic acids is 3. The van der Waals surface area contributed by atoms with Gasteiger partial charge in [-0.2, -0.15) is 0 Å². The molecule has 0 spiro atoms. The Kier molecular flexibility index (Phi) is 7.48.